The number of aromatic carboxylic acids is 1. The van der Waals surface area contributed by atoms with Crippen molar-refractivity contribution >= 4 is 5.97 Å². The molecule has 1 heterocycles. The van der Waals surface area contributed by atoms with Crippen molar-refractivity contribution in [2.45, 2.75) is 6.42 Å². The average molecular weight is 238 g/mol. The molecule has 0 spiro atoms. The normalized spacial score (nSPS) is 9.72. The number of benzene rings is 1. The number of nitrogens with zero attached hydrogens (tertiary/aromatic N) is 2. The number of carboxylic acid groups (broad SMARTS) is 1. The predicted octanol–water partition coefficient (Wildman–Crippen LogP) is 2.24. The molecule has 18 heavy (non-hydrogen) atoms. The Bertz CT molecular complexity index is 612. The summed E-state index contributed by atoms with van der Waals surface area (Å²) in [7, 11) is 0. The molecule has 2 rings (SSSR count). The molecule has 0 aliphatic rings. The third-order valence-corrected chi connectivity index (χ3v) is 2.53. The van der Waals surface area contributed by atoms with Crippen molar-refractivity contribution in [2.75, 3.05) is 0 Å². The Hall–Kier alpha value is -2.67. The third-order valence-electron chi connectivity index (χ3n) is 2.53. The van der Waals surface area contributed by atoms with E-state index in [0.717, 1.165) is 11.1 Å². The maximum atomic E-state index is 10.8. The van der Waals surface area contributed by atoms with Crippen molar-refractivity contribution in [3.05, 3.63) is 65.0 Å². The summed E-state index contributed by atoms with van der Waals surface area (Å²) in [6.07, 6.45) is 3.56. The van der Waals surface area contributed by atoms with Gasteiger partial charge in [-0.2, -0.15) is 5.26 Å². The van der Waals surface area contributed by atoms with Crippen LogP contribution in [0.15, 0.2) is 42.7 Å². The molecular weight excluding hydrogens is 228 g/mol. The van der Waals surface area contributed by atoms with Gasteiger partial charge in [-0.1, -0.05) is 12.1 Å². The quantitative estimate of drug-likeness (QED) is 0.889. The van der Waals surface area contributed by atoms with Crippen LogP contribution in [0.1, 0.15) is 27.0 Å². The number of pyridine rings is 1. The first-order chi connectivity index (χ1) is 8.69. The lowest BCUT2D eigenvalue weighted by molar-refractivity contribution is 0.0696. The fourth-order valence-corrected chi connectivity index (χ4v) is 1.63. The monoisotopic (exact) mass is 238 g/mol. The molecule has 1 aromatic carbocycles. The van der Waals surface area contributed by atoms with E-state index in [-0.39, 0.29) is 5.56 Å². The van der Waals surface area contributed by atoms with Gasteiger partial charge in [0.15, 0.2) is 0 Å². The Morgan fingerprint density at radius 1 is 1.22 bits per heavy atom. The number of rotatable bonds is 3. The number of aromatic nitrogens is 1. The van der Waals surface area contributed by atoms with Crippen molar-refractivity contribution in [3.63, 3.8) is 0 Å². The summed E-state index contributed by atoms with van der Waals surface area (Å²) in [6, 6.07) is 10.8. The van der Waals surface area contributed by atoms with Crippen LogP contribution in [-0.4, -0.2) is 16.1 Å². The zero-order valence-electron chi connectivity index (χ0n) is 9.50. The van der Waals surface area contributed by atoms with E-state index in [1.54, 1.807) is 24.4 Å². The SMILES string of the molecule is N#Cc1ccc(Cc2cncc(C(=O)O)c2)cc1. The highest BCUT2D eigenvalue weighted by Gasteiger charge is 2.04. The minimum absolute atomic E-state index is 0.182. The molecule has 0 aliphatic carbocycles. The second kappa shape index (κ2) is 5.11. The fraction of sp³-hybridized carbons (Fsp3) is 0.0714. The molecule has 0 unspecified atom stereocenters. The summed E-state index contributed by atoms with van der Waals surface area (Å²) >= 11 is 0. The van der Waals surface area contributed by atoms with Crippen LogP contribution in [-0.2, 0) is 6.42 Å². The van der Waals surface area contributed by atoms with E-state index >= 15 is 0 Å². The number of carbonyl (C=O) groups is 1. The van der Waals surface area contributed by atoms with E-state index in [1.807, 2.05) is 12.1 Å². The van der Waals surface area contributed by atoms with Crippen molar-refractivity contribution in [2.24, 2.45) is 0 Å². The minimum atomic E-state index is -0.982. The van der Waals surface area contributed by atoms with Crippen LogP contribution in [0.4, 0.5) is 0 Å². The van der Waals surface area contributed by atoms with Crippen molar-refractivity contribution in [1.29, 1.82) is 5.26 Å². The van der Waals surface area contributed by atoms with Gasteiger partial charge in [0.1, 0.15) is 0 Å². The molecule has 4 nitrogen and oxygen atoms in total. The summed E-state index contributed by atoms with van der Waals surface area (Å²) in [5.74, 6) is -0.982. The molecule has 0 atom stereocenters. The Kier molecular flexibility index (Phi) is 3.35. The summed E-state index contributed by atoms with van der Waals surface area (Å²) in [5, 5.41) is 17.6. The van der Waals surface area contributed by atoms with E-state index < -0.39 is 5.97 Å². The molecule has 2 aromatic rings. The first-order valence-corrected chi connectivity index (χ1v) is 5.35. The molecule has 0 saturated heterocycles. The van der Waals surface area contributed by atoms with Gasteiger partial charge in [-0.05, 0) is 35.7 Å². The average Bonchev–Trinajstić information content (AvgIpc) is 2.40. The first-order valence-electron chi connectivity index (χ1n) is 5.35. The van der Waals surface area contributed by atoms with E-state index in [0.29, 0.717) is 12.0 Å². The van der Waals surface area contributed by atoms with Gasteiger partial charge < -0.3 is 5.11 Å². The maximum Gasteiger partial charge on any atom is 0.337 e. The largest absolute Gasteiger partial charge is 0.478 e. The molecule has 0 bridgehead atoms. The number of hydrogen-bond acceptors (Lipinski definition) is 3. The minimum Gasteiger partial charge on any atom is -0.478 e. The van der Waals surface area contributed by atoms with Gasteiger partial charge >= 0.3 is 5.97 Å². The molecule has 0 fully saturated rings. The van der Waals surface area contributed by atoms with Gasteiger partial charge in [0.2, 0.25) is 0 Å². The molecule has 4 heteroatoms. The zero-order valence-corrected chi connectivity index (χ0v) is 9.50. The Morgan fingerprint density at radius 2 is 1.94 bits per heavy atom. The standard InChI is InChI=1S/C14H10N2O2/c15-7-11-3-1-10(2-4-11)5-12-6-13(14(17)18)9-16-8-12/h1-4,6,8-9H,5H2,(H,17,18). The molecule has 0 aliphatic heterocycles. The van der Waals surface area contributed by atoms with Crippen LogP contribution in [0, 0.1) is 11.3 Å². The molecule has 0 radical (unpaired) electrons. The topological polar surface area (TPSA) is 74.0 Å². The van der Waals surface area contributed by atoms with Gasteiger partial charge in [-0.3, -0.25) is 4.98 Å². The van der Waals surface area contributed by atoms with Gasteiger partial charge in [0.05, 0.1) is 17.2 Å². The predicted molar refractivity (Wildman–Crippen MR) is 65.2 cm³/mol. The van der Waals surface area contributed by atoms with Gasteiger partial charge in [-0.25, -0.2) is 4.79 Å². The van der Waals surface area contributed by atoms with Crippen LogP contribution < -0.4 is 0 Å². The van der Waals surface area contributed by atoms with E-state index in [2.05, 4.69) is 11.1 Å². The highest BCUT2D eigenvalue weighted by molar-refractivity contribution is 5.87. The lowest BCUT2D eigenvalue weighted by atomic mass is 10.0. The molecule has 0 amide bonds. The Morgan fingerprint density at radius 3 is 2.56 bits per heavy atom. The zero-order chi connectivity index (χ0) is 13.0. The molecule has 88 valence electrons. The van der Waals surface area contributed by atoms with Gasteiger partial charge in [0.25, 0.3) is 0 Å². The summed E-state index contributed by atoms with van der Waals surface area (Å²) in [6.45, 7) is 0. The molecule has 1 N–H and O–H groups in total. The smallest absolute Gasteiger partial charge is 0.337 e. The van der Waals surface area contributed by atoms with E-state index in [1.165, 1.54) is 6.20 Å². The van der Waals surface area contributed by atoms with Crippen LogP contribution in [0.2, 0.25) is 0 Å². The van der Waals surface area contributed by atoms with Crippen LogP contribution in [0.25, 0.3) is 0 Å². The van der Waals surface area contributed by atoms with Crippen LogP contribution in [0.5, 0.6) is 0 Å². The summed E-state index contributed by atoms with van der Waals surface area (Å²) in [4.78, 5) is 14.7. The number of nitriles is 1. The molecule has 1 aromatic heterocycles. The van der Waals surface area contributed by atoms with Crippen molar-refractivity contribution in [3.8, 4) is 6.07 Å². The van der Waals surface area contributed by atoms with E-state index in [9.17, 15) is 4.79 Å². The number of hydrogen-bond donors (Lipinski definition) is 1. The first kappa shape index (κ1) is 11.8. The lowest BCUT2D eigenvalue weighted by Gasteiger charge is -2.02. The lowest BCUT2D eigenvalue weighted by Crippen LogP contribution is -1.99. The highest BCUT2D eigenvalue weighted by atomic mass is 16.4. The Balaban J connectivity index is 2.20. The number of carboxylic acids is 1. The second-order valence-electron chi connectivity index (χ2n) is 3.87. The van der Waals surface area contributed by atoms with Gasteiger partial charge in [0, 0.05) is 12.4 Å². The highest BCUT2D eigenvalue weighted by Crippen LogP contribution is 2.11. The summed E-state index contributed by atoms with van der Waals surface area (Å²) < 4.78 is 0. The van der Waals surface area contributed by atoms with Crippen molar-refractivity contribution < 1.29 is 9.90 Å². The molecular formula is C14H10N2O2. The Labute approximate surface area is 104 Å². The van der Waals surface area contributed by atoms with Crippen LogP contribution >= 0.6 is 0 Å². The van der Waals surface area contributed by atoms with E-state index in [4.69, 9.17) is 10.4 Å². The third kappa shape index (κ3) is 2.71. The van der Waals surface area contributed by atoms with Crippen LogP contribution in [0.3, 0.4) is 0 Å². The maximum absolute atomic E-state index is 10.8. The van der Waals surface area contributed by atoms with Crippen molar-refractivity contribution in [1.82, 2.24) is 4.98 Å². The summed E-state index contributed by atoms with van der Waals surface area (Å²) in [5.41, 5.74) is 2.63. The fourth-order valence-electron chi connectivity index (χ4n) is 1.63. The molecule has 0 saturated carbocycles. The van der Waals surface area contributed by atoms with Gasteiger partial charge in [-0.15, -0.1) is 0 Å². The second-order valence-corrected chi connectivity index (χ2v) is 3.87.